The lowest BCUT2D eigenvalue weighted by Crippen LogP contribution is -2.33. The van der Waals surface area contributed by atoms with Crippen molar-refractivity contribution in [3.05, 3.63) is 42.3 Å². The summed E-state index contributed by atoms with van der Waals surface area (Å²) in [6, 6.07) is 7.45. The van der Waals surface area contributed by atoms with Gasteiger partial charge in [-0.3, -0.25) is 9.78 Å². The Bertz CT molecular complexity index is 575. The SMILES string of the molecule is O=C(NCc1cccnc1-c1ccco1)C1CCCO1. The van der Waals surface area contributed by atoms with Crippen LogP contribution >= 0.6 is 0 Å². The maximum Gasteiger partial charge on any atom is 0.249 e. The van der Waals surface area contributed by atoms with Gasteiger partial charge in [0.25, 0.3) is 0 Å². The minimum atomic E-state index is -0.307. The van der Waals surface area contributed by atoms with E-state index in [0.717, 1.165) is 24.1 Å². The van der Waals surface area contributed by atoms with Gasteiger partial charge in [0, 0.05) is 24.9 Å². The molecule has 20 heavy (non-hydrogen) atoms. The van der Waals surface area contributed by atoms with Crippen molar-refractivity contribution < 1.29 is 13.9 Å². The van der Waals surface area contributed by atoms with E-state index in [4.69, 9.17) is 9.15 Å². The molecule has 5 heteroatoms. The van der Waals surface area contributed by atoms with Gasteiger partial charge in [0.05, 0.1) is 6.26 Å². The lowest BCUT2D eigenvalue weighted by molar-refractivity contribution is -0.130. The van der Waals surface area contributed by atoms with Crippen molar-refractivity contribution in [3.8, 4) is 11.5 Å². The molecule has 0 bridgehead atoms. The number of nitrogens with zero attached hydrogens (tertiary/aromatic N) is 1. The highest BCUT2D eigenvalue weighted by molar-refractivity contribution is 5.81. The minimum Gasteiger partial charge on any atom is -0.463 e. The molecule has 5 nitrogen and oxygen atoms in total. The highest BCUT2D eigenvalue weighted by Gasteiger charge is 2.23. The fourth-order valence-electron chi connectivity index (χ4n) is 2.30. The van der Waals surface area contributed by atoms with E-state index in [9.17, 15) is 4.79 Å². The average molecular weight is 272 g/mol. The zero-order valence-corrected chi connectivity index (χ0v) is 11.0. The number of nitrogens with one attached hydrogen (secondary N) is 1. The van der Waals surface area contributed by atoms with E-state index in [1.54, 1.807) is 12.5 Å². The van der Waals surface area contributed by atoms with Crippen LogP contribution in [0.2, 0.25) is 0 Å². The molecule has 104 valence electrons. The molecule has 1 aliphatic rings. The lowest BCUT2D eigenvalue weighted by Gasteiger charge is -2.11. The second kappa shape index (κ2) is 5.88. The van der Waals surface area contributed by atoms with Crippen LogP contribution in [0.25, 0.3) is 11.5 Å². The number of ether oxygens (including phenoxy) is 1. The summed E-state index contributed by atoms with van der Waals surface area (Å²) >= 11 is 0. The summed E-state index contributed by atoms with van der Waals surface area (Å²) in [6.07, 6.45) is 4.76. The van der Waals surface area contributed by atoms with Gasteiger partial charge in [-0.15, -0.1) is 0 Å². The molecule has 1 fully saturated rings. The first-order valence-corrected chi connectivity index (χ1v) is 6.71. The van der Waals surface area contributed by atoms with Crippen molar-refractivity contribution in [3.63, 3.8) is 0 Å². The van der Waals surface area contributed by atoms with Crippen LogP contribution in [-0.2, 0) is 16.1 Å². The van der Waals surface area contributed by atoms with Crippen LogP contribution in [-0.4, -0.2) is 23.6 Å². The summed E-state index contributed by atoms with van der Waals surface area (Å²) < 4.78 is 10.7. The predicted molar refractivity (Wildman–Crippen MR) is 72.8 cm³/mol. The first-order chi connectivity index (χ1) is 9.84. The summed E-state index contributed by atoms with van der Waals surface area (Å²) in [5.74, 6) is 0.642. The Hall–Kier alpha value is -2.14. The van der Waals surface area contributed by atoms with Gasteiger partial charge in [-0.2, -0.15) is 0 Å². The van der Waals surface area contributed by atoms with Gasteiger partial charge in [-0.1, -0.05) is 6.07 Å². The Kier molecular flexibility index (Phi) is 3.78. The first kappa shape index (κ1) is 12.9. The van der Waals surface area contributed by atoms with Crippen LogP contribution in [0.15, 0.2) is 41.1 Å². The van der Waals surface area contributed by atoms with Gasteiger partial charge in [0.1, 0.15) is 11.8 Å². The fourth-order valence-corrected chi connectivity index (χ4v) is 2.30. The Morgan fingerprint density at radius 2 is 2.35 bits per heavy atom. The summed E-state index contributed by atoms with van der Waals surface area (Å²) in [5, 5.41) is 2.90. The number of carbonyl (C=O) groups excluding carboxylic acids is 1. The third-order valence-corrected chi connectivity index (χ3v) is 3.32. The number of amides is 1. The van der Waals surface area contributed by atoms with Crippen LogP contribution in [0.1, 0.15) is 18.4 Å². The van der Waals surface area contributed by atoms with Gasteiger partial charge < -0.3 is 14.5 Å². The number of furan rings is 1. The molecule has 3 heterocycles. The smallest absolute Gasteiger partial charge is 0.249 e. The minimum absolute atomic E-state index is 0.0586. The molecule has 3 rings (SSSR count). The van der Waals surface area contributed by atoms with E-state index in [1.807, 2.05) is 24.3 Å². The molecule has 1 amide bonds. The summed E-state index contributed by atoms with van der Waals surface area (Å²) in [5.41, 5.74) is 1.68. The van der Waals surface area contributed by atoms with E-state index in [2.05, 4.69) is 10.3 Å². The van der Waals surface area contributed by atoms with E-state index in [-0.39, 0.29) is 12.0 Å². The topological polar surface area (TPSA) is 64.4 Å². The van der Waals surface area contributed by atoms with E-state index < -0.39 is 0 Å². The van der Waals surface area contributed by atoms with Gasteiger partial charge in [0.2, 0.25) is 5.91 Å². The number of hydrogen-bond acceptors (Lipinski definition) is 4. The molecule has 0 spiro atoms. The third-order valence-electron chi connectivity index (χ3n) is 3.32. The molecule has 2 aromatic heterocycles. The highest BCUT2D eigenvalue weighted by atomic mass is 16.5. The van der Waals surface area contributed by atoms with Gasteiger partial charge in [0.15, 0.2) is 5.76 Å². The fraction of sp³-hybridized carbons (Fsp3) is 0.333. The second-order valence-electron chi connectivity index (χ2n) is 4.71. The van der Waals surface area contributed by atoms with Crippen LogP contribution in [0.4, 0.5) is 0 Å². The molecule has 1 unspecified atom stereocenters. The zero-order valence-electron chi connectivity index (χ0n) is 11.0. The number of rotatable bonds is 4. The summed E-state index contributed by atoms with van der Waals surface area (Å²) in [6.45, 7) is 1.09. The second-order valence-corrected chi connectivity index (χ2v) is 4.71. The molecule has 1 aliphatic heterocycles. The molecule has 0 saturated carbocycles. The van der Waals surface area contributed by atoms with Crippen molar-refractivity contribution in [1.29, 1.82) is 0 Å². The number of hydrogen-bond donors (Lipinski definition) is 1. The van der Waals surface area contributed by atoms with Gasteiger partial charge >= 0.3 is 0 Å². The molecule has 1 atom stereocenters. The molecule has 0 radical (unpaired) electrons. The van der Waals surface area contributed by atoms with Crippen molar-refractivity contribution in [1.82, 2.24) is 10.3 Å². The maximum atomic E-state index is 11.9. The number of carbonyl (C=O) groups is 1. The third kappa shape index (κ3) is 2.72. The summed E-state index contributed by atoms with van der Waals surface area (Å²) in [4.78, 5) is 16.3. The molecule has 1 saturated heterocycles. The van der Waals surface area contributed by atoms with E-state index in [1.165, 1.54) is 0 Å². The van der Waals surface area contributed by atoms with Crippen molar-refractivity contribution >= 4 is 5.91 Å². The molecular weight excluding hydrogens is 256 g/mol. The Balaban J connectivity index is 1.70. The predicted octanol–water partition coefficient (Wildman–Crippen LogP) is 2.14. The van der Waals surface area contributed by atoms with Gasteiger partial charge in [-0.25, -0.2) is 0 Å². The molecule has 0 aromatic carbocycles. The van der Waals surface area contributed by atoms with Crippen LogP contribution in [0, 0.1) is 0 Å². The monoisotopic (exact) mass is 272 g/mol. The van der Waals surface area contributed by atoms with Crippen LogP contribution < -0.4 is 5.32 Å². The zero-order chi connectivity index (χ0) is 13.8. The number of aromatic nitrogens is 1. The standard InChI is InChI=1S/C15H16N2O3/c18-15(13-6-3-9-20-13)17-10-11-4-1-7-16-14(11)12-5-2-8-19-12/h1-2,4-5,7-8,13H,3,6,9-10H2,(H,17,18). The first-order valence-electron chi connectivity index (χ1n) is 6.71. The Morgan fingerprint density at radius 3 is 3.10 bits per heavy atom. The lowest BCUT2D eigenvalue weighted by atomic mass is 10.1. The van der Waals surface area contributed by atoms with Crippen molar-refractivity contribution in [2.24, 2.45) is 0 Å². The molecule has 1 N–H and O–H groups in total. The average Bonchev–Trinajstić information content (AvgIpc) is 3.17. The normalized spacial score (nSPS) is 18.1. The quantitative estimate of drug-likeness (QED) is 0.926. The van der Waals surface area contributed by atoms with Crippen molar-refractivity contribution in [2.45, 2.75) is 25.5 Å². The molecule has 0 aliphatic carbocycles. The number of pyridine rings is 1. The van der Waals surface area contributed by atoms with Gasteiger partial charge in [-0.05, 0) is 31.0 Å². The van der Waals surface area contributed by atoms with Crippen LogP contribution in [0.3, 0.4) is 0 Å². The largest absolute Gasteiger partial charge is 0.463 e. The maximum absolute atomic E-state index is 11.9. The Morgan fingerprint density at radius 1 is 1.40 bits per heavy atom. The van der Waals surface area contributed by atoms with E-state index >= 15 is 0 Å². The van der Waals surface area contributed by atoms with Crippen LogP contribution in [0.5, 0.6) is 0 Å². The summed E-state index contributed by atoms with van der Waals surface area (Å²) in [7, 11) is 0. The molecular formula is C15H16N2O3. The molecule has 2 aromatic rings. The van der Waals surface area contributed by atoms with E-state index in [0.29, 0.717) is 18.9 Å². The Labute approximate surface area is 117 Å². The van der Waals surface area contributed by atoms with Crippen molar-refractivity contribution in [2.75, 3.05) is 6.61 Å². The highest BCUT2D eigenvalue weighted by Crippen LogP contribution is 2.21.